The molecule has 1 aromatic heterocycles. The van der Waals surface area contributed by atoms with Gasteiger partial charge in [-0.05, 0) is 63.2 Å². The number of carbonyl (C=O) groups excluding carboxylic acids is 3. The summed E-state index contributed by atoms with van der Waals surface area (Å²) < 4.78 is 15.7. The molecule has 0 radical (unpaired) electrons. The lowest BCUT2D eigenvalue weighted by atomic mass is 9.93. The zero-order chi connectivity index (χ0) is 28.1. The molecule has 10 nitrogen and oxygen atoms in total. The van der Waals surface area contributed by atoms with E-state index < -0.39 is 23.7 Å². The number of hydrogen-bond donors (Lipinski definition) is 2. The molecule has 38 heavy (non-hydrogen) atoms. The van der Waals surface area contributed by atoms with Crippen molar-refractivity contribution in [2.45, 2.75) is 40.2 Å². The van der Waals surface area contributed by atoms with E-state index in [1.54, 1.807) is 32.0 Å². The van der Waals surface area contributed by atoms with Crippen molar-refractivity contribution in [2.75, 3.05) is 47.5 Å². The van der Waals surface area contributed by atoms with Crippen molar-refractivity contribution in [3.63, 3.8) is 0 Å². The van der Waals surface area contributed by atoms with Gasteiger partial charge in [0.25, 0.3) is 11.7 Å². The number of nitrogens with one attached hydrogen (secondary N) is 1. The zero-order valence-corrected chi connectivity index (χ0v) is 23.1. The maximum Gasteiger partial charge on any atom is 0.354 e. The second-order valence-corrected chi connectivity index (χ2v) is 9.10. The number of aromatic amines is 1. The minimum absolute atomic E-state index is 0.0494. The number of methoxy groups -OCH3 is 3. The third-order valence-electron chi connectivity index (χ3n) is 7.09. The van der Waals surface area contributed by atoms with Crippen LogP contribution >= 0.6 is 0 Å². The quantitative estimate of drug-likeness (QED) is 0.197. The Hall–Kier alpha value is -3.79. The van der Waals surface area contributed by atoms with Gasteiger partial charge in [0.15, 0.2) is 11.5 Å². The number of aliphatic hydroxyl groups excluding tert-OH is 1. The molecule has 1 atom stereocenters. The summed E-state index contributed by atoms with van der Waals surface area (Å²) in [4.78, 5) is 45.7. The molecule has 1 unspecified atom stereocenters. The van der Waals surface area contributed by atoms with E-state index in [1.165, 1.54) is 26.2 Å². The fraction of sp³-hybridized carbons (Fsp3) is 0.464. The molecule has 2 N–H and O–H groups in total. The molecule has 0 aliphatic carbocycles. The van der Waals surface area contributed by atoms with E-state index in [1.807, 2.05) is 0 Å². The molecule has 1 saturated heterocycles. The van der Waals surface area contributed by atoms with Crippen molar-refractivity contribution in [3.8, 4) is 11.5 Å². The SMILES string of the molecule is CCN(CC)CCCN1C(=O)C(=O)/C(=C(/O)c2c(C)[nH]c(C(=O)OC)c2C)C1c1ccc(OC)c(OC)c1. The number of aromatic nitrogens is 1. The molecule has 1 aromatic carbocycles. The average Bonchev–Trinajstić information content (AvgIpc) is 3.36. The molecule has 0 saturated carbocycles. The first-order valence-electron chi connectivity index (χ1n) is 12.6. The van der Waals surface area contributed by atoms with E-state index in [-0.39, 0.29) is 22.6 Å². The largest absolute Gasteiger partial charge is 0.507 e. The summed E-state index contributed by atoms with van der Waals surface area (Å²) in [5.41, 5.74) is 1.89. The zero-order valence-electron chi connectivity index (χ0n) is 23.1. The molecule has 1 aliphatic heterocycles. The number of aryl methyl sites for hydroxylation is 1. The Morgan fingerprint density at radius 2 is 1.74 bits per heavy atom. The van der Waals surface area contributed by atoms with Crippen LogP contribution in [0.2, 0.25) is 0 Å². The Balaban J connectivity index is 2.18. The number of esters is 1. The van der Waals surface area contributed by atoms with Gasteiger partial charge in [-0.25, -0.2) is 4.79 Å². The maximum absolute atomic E-state index is 13.4. The molecule has 206 valence electrons. The standard InChI is InChI=1S/C28H37N3O7/c1-8-30(9-2)13-10-14-31-24(18-11-12-19(36-5)20(15-18)37-6)22(26(33)27(31)34)25(32)21-16(3)23(28(35)38-7)29-17(21)4/h11-12,15,24,29,32H,8-10,13-14H2,1-7H3/b25-22+. The van der Waals surface area contributed by atoms with Crippen molar-refractivity contribution in [3.05, 3.63) is 51.9 Å². The van der Waals surface area contributed by atoms with Gasteiger partial charge in [-0.3, -0.25) is 9.59 Å². The molecule has 3 rings (SSSR count). The summed E-state index contributed by atoms with van der Waals surface area (Å²) >= 11 is 0. The van der Waals surface area contributed by atoms with Gasteiger partial charge in [-0.2, -0.15) is 0 Å². The molecule has 0 spiro atoms. The first-order valence-corrected chi connectivity index (χ1v) is 12.6. The van der Waals surface area contributed by atoms with E-state index in [2.05, 4.69) is 23.7 Å². The lowest BCUT2D eigenvalue weighted by Crippen LogP contribution is -2.33. The molecular formula is C28H37N3O7. The Kier molecular flexibility index (Phi) is 9.22. The lowest BCUT2D eigenvalue weighted by Gasteiger charge is -2.27. The number of rotatable bonds is 11. The van der Waals surface area contributed by atoms with Gasteiger partial charge >= 0.3 is 5.97 Å². The Labute approximate surface area is 223 Å². The van der Waals surface area contributed by atoms with E-state index in [0.29, 0.717) is 41.3 Å². The number of ketones is 1. The van der Waals surface area contributed by atoms with Crippen molar-refractivity contribution in [1.82, 2.24) is 14.8 Å². The molecular weight excluding hydrogens is 490 g/mol. The second-order valence-electron chi connectivity index (χ2n) is 9.10. The van der Waals surface area contributed by atoms with Gasteiger partial charge in [0.1, 0.15) is 11.5 Å². The number of Topliss-reactive ketones (excluding diaryl/α,β-unsaturated/α-hetero) is 1. The van der Waals surface area contributed by atoms with E-state index in [0.717, 1.165) is 19.6 Å². The van der Waals surface area contributed by atoms with Gasteiger partial charge < -0.3 is 34.1 Å². The number of nitrogens with zero attached hydrogens (tertiary/aromatic N) is 2. The number of aliphatic hydroxyl groups is 1. The van der Waals surface area contributed by atoms with Crippen LogP contribution < -0.4 is 9.47 Å². The average molecular weight is 528 g/mol. The molecule has 2 heterocycles. The number of H-pyrrole nitrogens is 1. The van der Waals surface area contributed by atoms with Crippen molar-refractivity contribution in [2.24, 2.45) is 0 Å². The number of likely N-dealkylation sites (tertiary alicyclic amines) is 1. The summed E-state index contributed by atoms with van der Waals surface area (Å²) in [6.45, 7) is 10.3. The van der Waals surface area contributed by atoms with E-state index in [4.69, 9.17) is 14.2 Å². The maximum atomic E-state index is 13.4. The first kappa shape index (κ1) is 28.8. The smallest absolute Gasteiger partial charge is 0.354 e. The molecule has 0 bridgehead atoms. The Morgan fingerprint density at radius 3 is 2.32 bits per heavy atom. The summed E-state index contributed by atoms with van der Waals surface area (Å²) in [6.07, 6.45) is 0.646. The van der Waals surface area contributed by atoms with E-state index in [9.17, 15) is 19.5 Å². The summed E-state index contributed by atoms with van der Waals surface area (Å²) in [6, 6.07) is 4.30. The highest BCUT2D eigenvalue weighted by Gasteiger charge is 2.46. The Bertz CT molecular complexity index is 1240. The van der Waals surface area contributed by atoms with Crippen LogP contribution in [0.1, 0.15) is 59.2 Å². The van der Waals surface area contributed by atoms with Crippen LogP contribution in [0.15, 0.2) is 23.8 Å². The van der Waals surface area contributed by atoms with Gasteiger partial charge in [0.05, 0.1) is 32.9 Å². The molecule has 10 heteroatoms. The number of amides is 1. The van der Waals surface area contributed by atoms with E-state index >= 15 is 0 Å². The Morgan fingerprint density at radius 1 is 1.08 bits per heavy atom. The van der Waals surface area contributed by atoms with Crippen LogP contribution in [-0.2, 0) is 14.3 Å². The summed E-state index contributed by atoms with van der Waals surface area (Å²) in [5, 5.41) is 11.5. The topological polar surface area (TPSA) is 121 Å². The van der Waals surface area contributed by atoms with Crippen molar-refractivity contribution >= 4 is 23.4 Å². The van der Waals surface area contributed by atoms with Gasteiger partial charge in [0.2, 0.25) is 0 Å². The fourth-order valence-corrected chi connectivity index (χ4v) is 5.03. The molecule has 2 aromatic rings. The third-order valence-corrected chi connectivity index (χ3v) is 7.09. The van der Waals surface area contributed by atoms with Crippen LogP contribution in [0, 0.1) is 13.8 Å². The molecule has 1 fully saturated rings. The summed E-state index contributed by atoms with van der Waals surface area (Å²) in [5.74, 6) is -1.50. The predicted molar refractivity (Wildman–Crippen MR) is 143 cm³/mol. The minimum atomic E-state index is -0.859. The normalized spacial score (nSPS) is 16.8. The molecule has 1 amide bonds. The highest BCUT2D eigenvalue weighted by atomic mass is 16.5. The molecule has 1 aliphatic rings. The highest BCUT2D eigenvalue weighted by Crippen LogP contribution is 2.43. The van der Waals surface area contributed by atoms with Crippen molar-refractivity contribution in [1.29, 1.82) is 0 Å². The van der Waals surface area contributed by atoms with Gasteiger partial charge in [-0.1, -0.05) is 19.9 Å². The lowest BCUT2D eigenvalue weighted by molar-refractivity contribution is -0.140. The van der Waals surface area contributed by atoms with Crippen LogP contribution in [0.25, 0.3) is 5.76 Å². The van der Waals surface area contributed by atoms with Crippen LogP contribution in [-0.4, -0.2) is 85.1 Å². The van der Waals surface area contributed by atoms with Crippen LogP contribution in [0.3, 0.4) is 0 Å². The van der Waals surface area contributed by atoms with Crippen LogP contribution in [0.4, 0.5) is 0 Å². The van der Waals surface area contributed by atoms with Crippen LogP contribution in [0.5, 0.6) is 11.5 Å². The second kappa shape index (κ2) is 12.2. The summed E-state index contributed by atoms with van der Waals surface area (Å²) in [7, 11) is 4.29. The van der Waals surface area contributed by atoms with Crippen molar-refractivity contribution < 1.29 is 33.7 Å². The minimum Gasteiger partial charge on any atom is -0.507 e. The predicted octanol–water partition coefficient (Wildman–Crippen LogP) is 3.59. The highest BCUT2D eigenvalue weighted by molar-refractivity contribution is 6.46. The number of hydrogen-bond acceptors (Lipinski definition) is 8. The van der Waals surface area contributed by atoms with Gasteiger partial charge in [-0.15, -0.1) is 0 Å². The number of carbonyl (C=O) groups is 3. The number of benzene rings is 1. The monoisotopic (exact) mass is 527 g/mol. The van der Waals surface area contributed by atoms with Gasteiger partial charge in [0, 0.05) is 17.8 Å². The fourth-order valence-electron chi connectivity index (χ4n) is 5.03. The first-order chi connectivity index (χ1) is 18.1. The third kappa shape index (κ3) is 5.26. The number of ether oxygens (including phenoxy) is 3.